The Kier molecular flexibility index (Phi) is 4.04. The summed E-state index contributed by atoms with van der Waals surface area (Å²) in [6.07, 6.45) is 1.25. The maximum atomic E-state index is 13.4. The molecule has 2 heterocycles. The number of carbonyl (C=O) groups excluding carboxylic acids is 1. The molecule has 3 aromatic rings. The molecular weight excluding hydrogens is 349 g/mol. The van der Waals surface area contributed by atoms with Gasteiger partial charge in [-0.2, -0.15) is 4.39 Å². The molecule has 4 rings (SSSR count). The van der Waals surface area contributed by atoms with E-state index in [-0.39, 0.29) is 12.3 Å². The van der Waals surface area contributed by atoms with Crippen LogP contribution < -0.4 is 10.6 Å². The van der Waals surface area contributed by atoms with Gasteiger partial charge in [0.2, 0.25) is 5.95 Å². The molecule has 0 fully saturated rings. The zero-order valence-corrected chi connectivity index (χ0v) is 14.0. The summed E-state index contributed by atoms with van der Waals surface area (Å²) >= 11 is 0. The second-order valence-electron chi connectivity index (χ2n) is 6.16. The minimum absolute atomic E-state index is 0.131. The highest BCUT2D eigenvalue weighted by atomic mass is 19.1. The Bertz CT molecular complexity index is 1080. The first kappa shape index (κ1) is 16.7. The van der Waals surface area contributed by atoms with Gasteiger partial charge in [-0.05, 0) is 47.0 Å². The molecule has 0 saturated carbocycles. The van der Waals surface area contributed by atoms with Gasteiger partial charge in [0.1, 0.15) is 0 Å². The highest BCUT2D eigenvalue weighted by Crippen LogP contribution is 2.35. The lowest BCUT2D eigenvalue weighted by atomic mass is 10.0. The van der Waals surface area contributed by atoms with Crippen molar-refractivity contribution < 1.29 is 19.1 Å². The van der Waals surface area contributed by atoms with Crippen molar-refractivity contribution in [2.75, 3.05) is 10.6 Å². The number of hydrogen-bond donors (Lipinski definition) is 3. The van der Waals surface area contributed by atoms with Crippen molar-refractivity contribution in [2.45, 2.75) is 6.42 Å². The number of aromatic nitrogens is 1. The number of carboxylic acid groups (broad SMARTS) is 1. The average Bonchev–Trinajstić information content (AvgIpc) is 2.76. The second-order valence-corrected chi connectivity index (χ2v) is 6.16. The van der Waals surface area contributed by atoms with E-state index in [1.807, 2.05) is 0 Å². The maximum absolute atomic E-state index is 13.4. The molecule has 3 N–H and O–H groups in total. The van der Waals surface area contributed by atoms with Crippen LogP contribution in [0.15, 0.2) is 54.7 Å². The number of rotatable bonds is 3. The van der Waals surface area contributed by atoms with Gasteiger partial charge in [-0.3, -0.25) is 9.59 Å². The number of hydrogen-bond acceptors (Lipinski definition) is 4. The van der Waals surface area contributed by atoms with Crippen LogP contribution in [-0.2, 0) is 11.2 Å². The predicted octanol–water partition coefficient (Wildman–Crippen LogP) is 3.82. The monoisotopic (exact) mass is 363 g/mol. The topological polar surface area (TPSA) is 91.3 Å². The van der Waals surface area contributed by atoms with Gasteiger partial charge in [0.05, 0.1) is 29.0 Å². The Morgan fingerprint density at radius 2 is 1.78 bits per heavy atom. The van der Waals surface area contributed by atoms with Crippen LogP contribution in [0.5, 0.6) is 0 Å². The zero-order valence-electron chi connectivity index (χ0n) is 14.0. The molecule has 0 spiro atoms. The lowest BCUT2D eigenvalue weighted by molar-refractivity contribution is -0.136. The summed E-state index contributed by atoms with van der Waals surface area (Å²) in [5.74, 6) is -1.83. The number of anilines is 3. The van der Waals surface area contributed by atoms with Gasteiger partial charge in [0, 0.05) is 12.3 Å². The van der Waals surface area contributed by atoms with E-state index < -0.39 is 11.9 Å². The van der Waals surface area contributed by atoms with Crippen molar-refractivity contribution in [1.29, 1.82) is 0 Å². The van der Waals surface area contributed by atoms with E-state index in [0.717, 1.165) is 5.56 Å². The van der Waals surface area contributed by atoms with Gasteiger partial charge in [0.25, 0.3) is 5.91 Å². The summed E-state index contributed by atoms with van der Waals surface area (Å²) in [4.78, 5) is 27.0. The molecule has 0 bridgehead atoms. The highest BCUT2D eigenvalue weighted by molar-refractivity contribution is 6.12. The molecule has 1 aromatic heterocycles. The van der Waals surface area contributed by atoms with E-state index >= 15 is 0 Å². The van der Waals surface area contributed by atoms with Crippen LogP contribution in [0.2, 0.25) is 0 Å². The zero-order chi connectivity index (χ0) is 19.0. The van der Waals surface area contributed by atoms with Crippen molar-refractivity contribution in [3.8, 4) is 11.1 Å². The number of amides is 1. The van der Waals surface area contributed by atoms with Crippen LogP contribution in [0.25, 0.3) is 11.1 Å². The first-order chi connectivity index (χ1) is 13.0. The smallest absolute Gasteiger partial charge is 0.307 e. The molecule has 1 aliphatic rings. The largest absolute Gasteiger partial charge is 0.481 e. The summed E-state index contributed by atoms with van der Waals surface area (Å²) in [6, 6.07) is 13.2. The van der Waals surface area contributed by atoms with Gasteiger partial charge in [-0.15, -0.1) is 0 Å². The number of halogens is 1. The van der Waals surface area contributed by atoms with Crippen LogP contribution in [-0.4, -0.2) is 22.0 Å². The van der Waals surface area contributed by atoms with Crippen LogP contribution in [0.1, 0.15) is 15.9 Å². The van der Waals surface area contributed by atoms with E-state index in [2.05, 4.69) is 15.6 Å². The Morgan fingerprint density at radius 3 is 2.56 bits per heavy atom. The maximum Gasteiger partial charge on any atom is 0.307 e. The van der Waals surface area contributed by atoms with Gasteiger partial charge < -0.3 is 15.7 Å². The number of pyridine rings is 1. The molecule has 0 unspecified atom stereocenters. The Labute approximate surface area is 153 Å². The second kappa shape index (κ2) is 6.53. The summed E-state index contributed by atoms with van der Waals surface area (Å²) in [6.45, 7) is 0. The SMILES string of the molecule is O=C(O)Cc1ccc2c(c1)NC(=O)c1ccc(-c3ccnc(F)c3)cc1N2. The summed E-state index contributed by atoms with van der Waals surface area (Å²) in [5.41, 5.74) is 4.13. The van der Waals surface area contributed by atoms with Crippen molar-refractivity contribution in [3.05, 3.63) is 71.8 Å². The standard InChI is InChI=1S/C20H14FN3O3/c21-18-10-13(5-6-22-18)12-2-3-14-16(9-12)23-15-4-1-11(8-19(25)26)7-17(15)24-20(14)27/h1-7,9-10,23H,8H2,(H,24,27)(H,25,26). The van der Waals surface area contributed by atoms with Crippen molar-refractivity contribution in [2.24, 2.45) is 0 Å². The number of nitrogens with zero attached hydrogens (tertiary/aromatic N) is 1. The van der Waals surface area contributed by atoms with E-state index in [1.165, 1.54) is 12.3 Å². The molecule has 0 atom stereocenters. The molecular formula is C20H14FN3O3. The molecule has 7 heteroatoms. The average molecular weight is 363 g/mol. The number of benzene rings is 2. The fourth-order valence-corrected chi connectivity index (χ4v) is 3.03. The first-order valence-electron chi connectivity index (χ1n) is 8.19. The van der Waals surface area contributed by atoms with E-state index in [9.17, 15) is 14.0 Å². The Balaban J connectivity index is 1.74. The lowest BCUT2D eigenvalue weighted by Gasteiger charge is -2.11. The van der Waals surface area contributed by atoms with Gasteiger partial charge in [-0.1, -0.05) is 12.1 Å². The number of carbonyl (C=O) groups is 2. The summed E-state index contributed by atoms with van der Waals surface area (Å²) in [7, 11) is 0. The first-order valence-corrected chi connectivity index (χ1v) is 8.19. The van der Waals surface area contributed by atoms with Crippen LogP contribution in [0.4, 0.5) is 21.5 Å². The molecule has 1 aliphatic heterocycles. The molecule has 6 nitrogen and oxygen atoms in total. The predicted molar refractivity (Wildman–Crippen MR) is 98.6 cm³/mol. The number of fused-ring (bicyclic) bond motifs is 2. The minimum Gasteiger partial charge on any atom is -0.481 e. The van der Waals surface area contributed by atoms with Crippen LogP contribution in [0.3, 0.4) is 0 Å². The quantitative estimate of drug-likeness (QED) is 0.615. The molecule has 2 aromatic carbocycles. The molecule has 134 valence electrons. The fourth-order valence-electron chi connectivity index (χ4n) is 3.03. The molecule has 0 radical (unpaired) electrons. The fraction of sp³-hybridized carbons (Fsp3) is 0.0500. The highest BCUT2D eigenvalue weighted by Gasteiger charge is 2.20. The van der Waals surface area contributed by atoms with E-state index in [1.54, 1.807) is 42.5 Å². The van der Waals surface area contributed by atoms with Gasteiger partial charge >= 0.3 is 5.97 Å². The third kappa shape index (κ3) is 3.35. The molecule has 0 aliphatic carbocycles. The molecule has 1 amide bonds. The van der Waals surface area contributed by atoms with E-state index in [0.29, 0.717) is 33.8 Å². The Hall–Kier alpha value is -3.74. The normalized spacial score (nSPS) is 12.3. The molecule has 0 saturated heterocycles. The van der Waals surface area contributed by atoms with Crippen LogP contribution in [0, 0.1) is 5.95 Å². The number of aliphatic carboxylic acids is 1. The van der Waals surface area contributed by atoms with Crippen molar-refractivity contribution in [1.82, 2.24) is 4.98 Å². The van der Waals surface area contributed by atoms with Crippen molar-refractivity contribution in [3.63, 3.8) is 0 Å². The lowest BCUT2D eigenvalue weighted by Crippen LogP contribution is -2.11. The third-order valence-corrected chi connectivity index (χ3v) is 4.28. The van der Waals surface area contributed by atoms with Gasteiger partial charge in [0.15, 0.2) is 0 Å². The van der Waals surface area contributed by atoms with Gasteiger partial charge in [-0.25, -0.2) is 4.98 Å². The number of carboxylic acids is 1. The number of nitrogens with one attached hydrogen (secondary N) is 2. The summed E-state index contributed by atoms with van der Waals surface area (Å²) < 4.78 is 13.4. The minimum atomic E-state index is -0.944. The molecule has 27 heavy (non-hydrogen) atoms. The van der Waals surface area contributed by atoms with Crippen LogP contribution >= 0.6 is 0 Å². The van der Waals surface area contributed by atoms with Crippen molar-refractivity contribution >= 4 is 28.9 Å². The van der Waals surface area contributed by atoms with E-state index in [4.69, 9.17) is 5.11 Å². The third-order valence-electron chi connectivity index (χ3n) is 4.28. The summed E-state index contributed by atoms with van der Waals surface area (Å²) in [5, 5.41) is 14.9. The Morgan fingerprint density at radius 1 is 0.963 bits per heavy atom.